The Balaban J connectivity index is 1.86. The molecule has 0 aliphatic heterocycles. The molecule has 0 spiro atoms. The van der Waals surface area contributed by atoms with E-state index >= 15 is 0 Å². The maximum atomic E-state index is 12.5. The molecule has 2 atom stereocenters. The lowest BCUT2D eigenvalue weighted by Gasteiger charge is -2.19. The van der Waals surface area contributed by atoms with Crippen LogP contribution in [-0.2, 0) is 0 Å². The highest BCUT2D eigenvalue weighted by Gasteiger charge is 2.28. The number of hydrogen-bond acceptors (Lipinski definition) is 1. The number of rotatable bonds is 3. The van der Waals surface area contributed by atoms with E-state index in [9.17, 15) is 4.79 Å². The summed E-state index contributed by atoms with van der Waals surface area (Å²) in [4.78, 5) is 12.5. The summed E-state index contributed by atoms with van der Waals surface area (Å²) < 4.78 is 0. The highest BCUT2D eigenvalue weighted by Crippen LogP contribution is 2.27. The molecule has 1 saturated carbocycles. The predicted octanol–water partition coefficient (Wildman–Crippen LogP) is 3.98. The monoisotopic (exact) mass is 287 g/mol. The molecule has 0 heterocycles. The first kappa shape index (κ1) is 13.4. The molecule has 0 radical (unpaired) electrons. The summed E-state index contributed by atoms with van der Waals surface area (Å²) >= 11 is 5.98. The van der Waals surface area contributed by atoms with Gasteiger partial charge in [0, 0.05) is 17.5 Å². The smallest absolute Gasteiger partial charge is 0.252 e. The van der Waals surface area contributed by atoms with Crippen molar-refractivity contribution in [2.45, 2.75) is 25.3 Å². The molecule has 2 aromatic rings. The second kappa shape index (κ2) is 5.84. The van der Waals surface area contributed by atoms with Crippen molar-refractivity contribution in [2.24, 2.45) is 5.92 Å². The van der Waals surface area contributed by atoms with E-state index in [4.69, 9.17) is 11.6 Å². The van der Waals surface area contributed by atoms with Gasteiger partial charge in [0.2, 0.25) is 0 Å². The summed E-state index contributed by atoms with van der Waals surface area (Å²) in [7, 11) is 0. The van der Waals surface area contributed by atoms with Gasteiger partial charge in [-0.1, -0.05) is 42.8 Å². The molecule has 1 aliphatic carbocycles. The summed E-state index contributed by atoms with van der Waals surface area (Å²) in [6.07, 6.45) is 3.30. The van der Waals surface area contributed by atoms with Crippen molar-refractivity contribution in [1.29, 1.82) is 0 Å². The van der Waals surface area contributed by atoms with Crippen LogP contribution >= 0.6 is 11.6 Å². The zero-order valence-electron chi connectivity index (χ0n) is 11.3. The van der Waals surface area contributed by atoms with E-state index in [1.165, 1.54) is 0 Å². The van der Waals surface area contributed by atoms with Crippen LogP contribution in [0.3, 0.4) is 0 Å². The summed E-state index contributed by atoms with van der Waals surface area (Å²) in [6.45, 7) is 0. The van der Waals surface area contributed by atoms with Crippen molar-refractivity contribution in [3.63, 3.8) is 0 Å². The van der Waals surface area contributed by atoms with Gasteiger partial charge in [0.25, 0.3) is 5.91 Å². The SMILES string of the molecule is O=C(NC1CCCC1CCl)c1cccc2ccccc12. The van der Waals surface area contributed by atoms with Crippen LogP contribution in [-0.4, -0.2) is 17.8 Å². The number of hydrogen-bond donors (Lipinski definition) is 1. The van der Waals surface area contributed by atoms with Crippen LogP contribution in [0.15, 0.2) is 42.5 Å². The molecule has 3 heteroatoms. The fourth-order valence-corrected chi connectivity index (χ4v) is 3.45. The van der Waals surface area contributed by atoms with Crippen LogP contribution in [0.5, 0.6) is 0 Å². The largest absolute Gasteiger partial charge is 0.349 e. The molecule has 2 unspecified atom stereocenters. The number of alkyl halides is 1. The van der Waals surface area contributed by atoms with E-state index in [1.807, 2.05) is 42.5 Å². The third-order valence-corrected chi connectivity index (χ3v) is 4.60. The number of carbonyl (C=O) groups is 1. The zero-order valence-corrected chi connectivity index (χ0v) is 12.1. The highest BCUT2D eigenvalue weighted by atomic mass is 35.5. The normalized spacial score (nSPS) is 22.1. The quantitative estimate of drug-likeness (QED) is 0.850. The van der Waals surface area contributed by atoms with E-state index in [2.05, 4.69) is 5.32 Å². The molecule has 20 heavy (non-hydrogen) atoms. The van der Waals surface area contributed by atoms with E-state index < -0.39 is 0 Å². The summed E-state index contributed by atoms with van der Waals surface area (Å²) in [5.41, 5.74) is 0.753. The summed E-state index contributed by atoms with van der Waals surface area (Å²) in [5.74, 6) is 1.06. The maximum Gasteiger partial charge on any atom is 0.252 e. The van der Waals surface area contributed by atoms with E-state index in [0.717, 1.165) is 35.6 Å². The summed E-state index contributed by atoms with van der Waals surface area (Å²) in [5, 5.41) is 5.27. The van der Waals surface area contributed by atoms with Crippen molar-refractivity contribution < 1.29 is 4.79 Å². The minimum absolute atomic E-state index is 0.0174. The van der Waals surface area contributed by atoms with Crippen LogP contribution in [0.25, 0.3) is 10.8 Å². The molecular weight excluding hydrogens is 270 g/mol. The Labute approximate surface area is 124 Å². The molecule has 0 saturated heterocycles. The van der Waals surface area contributed by atoms with Crippen molar-refractivity contribution in [3.05, 3.63) is 48.0 Å². The number of carbonyl (C=O) groups excluding carboxylic acids is 1. The van der Waals surface area contributed by atoms with Crippen LogP contribution < -0.4 is 5.32 Å². The lowest BCUT2D eigenvalue weighted by Crippen LogP contribution is -2.38. The Morgan fingerprint density at radius 1 is 1.15 bits per heavy atom. The Morgan fingerprint density at radius 3 is 2.80 bits per heavy atom. The van der Waals surface area contributed by atoms with Crippen molar-refractivity contribution in [1.82, 2.24) is 5.32 Å². The first-order chi connectivity index (χ1) is 9.79. The Hall–Kier alpha value is -1.54. The number of nitrogens with one attached hydrogen (secondary N) is 1. The predicted molar refractivity (Wildman–Crippen MR) is 83.3 cm³/mol. The molecule has 0 aromatic heterocycles. The zero-order chi connectivity index (χ0) is 13.9. The van der Waals surface area contributed by atoms with Gasteiger partial charge in [0.05, 0.1) is 0 Å². The topological polar surface area (TPSA) is 29.1 Å². The molecule has 2 nitrogen and oxygen atoms in total. The number of fused-ring (bicyclic) bond motifs is 1. The molecule has 2 aromatic carbocycles. The van der Waals surface area contributed by atoms with E-state index in [1.54, 1.807) is 0 Å². The molecular formula is C17H18ClNO. The molecule has 1 aliphatic rings. The minimum atomic E-state index is 0.0174. The first-order valence-corrected chi connectivity index (χ1v) is 7.67. The van der Waals surface area contributed by atoms with Gasteiger partial charge >= 0.3 is 0 Å². The molecule has 1 amide bonds. The van der Waals surface area contributed by atoms with Crippen molar-refractivity contribution in [2.75, 3.05) is 5.88 Å². The lowest BCUT2D eigenvalue weighted by molar-refractivity contribution is 0.0932. The van der Waals surface area contributed by atoms with Gasteiger partial charge in [0.15, 0.2) is 0 Å². The van der Waals surface area contributed by atoms with E-state index in [-0.39, 0.29) is 11.9 Å². The molecule has 3 rings (SSSR count). The first-order valence-electron chi connectivity index (χ1n) is 7.14. The van der Waals surface area contributed by atoms with Crippen LogP contribution in [0.4, 0.5) is 0 Å². The number of halogens is 1. The Morgan fingerprint density at radius 2 is 1.95 bits per heavy atom. The minimum Gasteiger partial charge on any atom is -0.349 e. The second-order valence-electron chi connectivity index (χ2n) is 5.45. The van der Waals surface area contributed by atoms with Gasteiger partial charge < -0.3 is 5.32 Å². The third kappa shape index (κ3) is 2.53. The number of benzene rings is 2. The van der Waals surface area contributed by atoms with Crippen molar-refractivity contribution in [3.8, 4) is 0 Å². The molecule has 1 N–H and O–H groups in total. The fourth-order valence-electron chi connectivity index (χ4n) is 3.08. The van der Waals surface area contributed by atoms with Gasteiger partial charge in [-0.05, 0) is 35.6 Å². The van der Waals surface area contributed by atoms with Gasteiger partial charge in [-0.15, -0.1) is 11.6 Å². The Kier molecular flexibility index (Phi) is 3.93. The fraction of sp³-hybridized carbons (Fsp3) is 0.353. The van der Waals surface area contributed by atoms with Gasteiger partial charge in [0.1, 0.15) is 0 Å². The second-order valence-corrected chi connectivity index (χ2v) is 5.76. The molecule has 0 bridgehead atoms. The lowest BCUT2D eigenvalue weighted by atomic mass is 10.0. The molecule has 104 valence electrons. The van der Waals surface area contributed by atoms with Crippen LogP contribution in [0.1, 0.15) is 29.6 Å². The average molecular weight is 288 g/mol. The third-order valence-electron chi connectivity index (χ3n) is 4.21. The van der Waals surface area contributed by atoms with Crippen molar-refractivity contribution >= 4 is 28.3 Å². The highest BCUT2D eigenvalue weighted by molar-refractivity contribution is 6.18. The van der Waals surface area contributed by atoms with Gasteiger partial charge in [-0.3, -0.25) is 4.79 Å². The Bertz CT molecular complexity index is 620. The average Bonchev–Trinajstić information content (AvgIpc) is 2.93. The van der Waals surface area contributed by atoms with Crippen LogP contribution in [0.2, 0.25) is 0 Å². The van der Waals surface area contributed by atoms with E-state index in [0.29, 0.717) is 11.8 Å². The summed E-state index contributed by atoms with van der Waals surface area (Å²) in [6, 6.07) is 14.1. The van der Waals surface area contributed by atoms with Gasteiger partial charge in [-0.25, -0.2) is 0 Å². The van der Waals surface area contributed by atoms with Gasteiger partial charge in [-0.2, -0.15) is 0 Å². The van der Waals surface area contributed by atoms with Crippen LogP contribution in [0, 0.1) is 5.92 Å². The molecule has 1 fully saturated rings. The maximum absolute atomic E-state index is 12.5. The standard InChI is InChI=1S/C17H18ClNO/c18-11-13-7-4-10-16(13)19-17(20)15-9-3-6-12-5-1-2-8-14(12)15/h1-3,5-6,8-9,13,16H,4,7,10-11H2,(H,19,20). The number of amides is 1.